The van der Waals surface area contributed by atoms with Crippen LogP contribution in [-0.4, -0.2) is 16.9 Å². The highest BCUT2D eigenvalue weighted by atomic mass is 32.1. The highest BCUT2D eigenvalue weighted by molar-refractivity contribution is 7.80. The van der Waals surface area contributed by atoms with Crippen LogP contribution in [0.4, 0.5) is 0 Å². The Morgan fingerprint density at radius 2 is 1.81 bits per heavy atom. The van der Waals surface area contributed by atoms with Crippen molar-refractivity contribution < 1.29 is 4.79 Å². The largest absolute Gasteiger partial charge is 0.393 e. The third-order valence-electron chi connectivity index (χ3n) is 2.54. The molecule has 0 rings (SSSR count). The molecule has 0 aromatic carbocycles. The predicted octanol–water partition coefficient (Wildman–Crippen LogP) is 2.38. The number of amides is 1. The van der Waals surface area contributed by atoms with E-state index in [9.17, 15) is 4.79 Å². The summed E-state index contributed by atoms with van der Waals surface area (Å²) < 4.78 is 0. The van der Waals surface area contributed by atoms with Gasteiger partial charge in [0.25, 0.3) is 0 Å². The lowest BCUT2D eigenvalue weighted by atomic mass is 9.97. The lowest BCUT2D eigenvalue weighted by molar-refractivity contribution is -0.126. The Morgan fingerprint density at radius 3 is 2.19 bits per heavy atom. The second kappa shape index (κ2) is 8.50. The van der Waals surface area contributed by atoms with Gasteiger partial charge in [0.15, 0.2) is 0 Å². The summed E-state index contributed by atoms with van der Waals surface area (Å²) in [7, 11) is 0. The normalized spacial score (nSPS) is 12.5. The number of hydrogen-bond acceptors (Lipinski definition) is 2. The lowest BCUT2D eigenvalue weighted by Gasteiger charge is -2.19. The second-order valence-electron chi connectivity index (χ2n) is 4.35. The van der Waals surface area contributed by atoms with Crippen molar-refractivity contribution in [2.45, 2.75) is 58.9 Å². The molecule has 94 valence electrons. The molecule has 1 unspecified atom stereocenters. The van der Waals surface area contributed by atoms with E-state index in [4.69, 9.17) is 18.0 Å². The van der Waals surface area contributed by atoms with Crippen molar-refractivity contribution in [1.82, 2.24) is 5.32 Å². The van der Waals surface area contributed by atoms with Crippen molar-refractivity contribution in [3.05, 3.63) is 0 Å². The number of thiocarbonyl (C=S) groups is 1. The van der Waals surface area contributed by atoms with Crippen molar-refractivity contribution >= 4 is 23.1 Å². The van der Waals surface area contributed by atoms with E-state index >= 15 is 0 Å². The molecule has 0 fully saturated rings. The van der Waals surface area contributed by atoms with Crippen LogP contribution in [-0.2, 0) is 4.79 Å². The van der Waals surface area contributed by atoms with Crippen LogP contribution in [0.2, 0.25) is 0 Å². The van der Waals surface area contributed by atoms with E-state index < -0.39 is 0 Å². The van der Waals surface area contributed by atoms with E-state index in [-0.39, 0.29) is 17.9 Å². The first-order valence-corrected chi connectivity index (χ1v) is 6.50. The number of nitrogens with two attached hydrogens (primary N) is 1. The molecule has 0 spiro atoms. The van der Waals surface area contributed by atoms with Crippen molar-refractivity contribution in [2.24, 2.45) is 11.7 Å². The minimum atomic E-state index is 0.0428. The molecule has 1 atom stereocenters. The summed E-state index contributed by atoms with van der Waals surface area (Å²) in [5.74, 6) is 0.288. The number of carbonyl (C=O) groups is 1. The molecule has 0 saturated carbocycles. The Kier molecular flexibility index (Phi) is 8.16. The van der Waals surface area contributed by atoms with E-state index in [1.165, 1.54) is 0 Å². The van der Waals surface area contributed by atoms with Crippen LogP contribution in [0.15, 0.2) is 0 Å². The quantitative estimate of drug-likeness (QED) is 0.645. The molecule has 16 heavy (non-hydrogen) atoms. The molecular formula is C12H24N2OS. The molecule has 0 aliphatic heterocycles. The van der Waals surface area contributed by atoms with Gasteiger partial charge in [-0.15, -0.1) is 0 Å². The highest BCUT2D eigenvalue weighted by Crippen LogP contribution is 2.13. The SMILES string of the molecule is CCCC(CCC)C(=O)NC(C)CC(N)=S. The average molecular weight is 244 g/mol. The molecule has 0 aliphatic carbocycles. The third-order valence-corrected chi connectivity index (χ3v) is 2.71. The standard InChI is InChI=1S/C12H24N2OS/c1-4-6-10(7-5-2)12(15)14-9(3)8-11(13)16/h9-10H,4-8H2,1-3H3,(H2,13,16)(H,14,15). The van der Waals surface area contributed by atoms with Crippen molar-refractivity contribution in [1.29, 1.82) is 0 Å². The predicted molar refractivity (Wildman–Crippen MR) is 72.3 cm³/mol. The summed E-state index contributed by atoms with van der Waals surface area (Å²) in [6.07, 6.45) is 4.58. The van der Waals surface area contributed by atoms with Crippen LogP contribution in [0.1, 0.15) is 52.9 Å². The summed E-state index contributed by atoms with van der Waals surface area (Å²) in [6.45, 7) is 6.15. The first-order valence-electron chi connectivity index (χ1n) is 6.09. The zero-order chi connectivity index (χ0) is 12.6. The fraction of sp³-hybridized carbons (Fsp3) is 0.833. The minimum Gasteiger partial charge on any atom is -0.393 e. The van der Waals surface area contributed by atoms with Gasteiger partial charge in [-0.05, 0) is 19.8 Å². The molecule has 4 heteroatoms. The van der Waals surface area contributed by atoms with Crippen molar-refractivity contribution in [3.63, 3.8) is 0 Å². The zero-order valence-electron chi connectivity index (χ0n) is 10.6. The topological polar surface area (TPSA) is 55.1 Å². The Bertz CT molecular complexity index is 225. The number of rotatable bonds is 8. The molecule has 1 amide bonds. The van der Waals surface area contributed by atoms with Crippen LogP contribution in [0.25, 0.3) is 0 Å². The molecule has 0 bridgehead atoms. The smallest absolute Gasteiger partial charge is 0.223 e. The van der Waals surface area contributed by atoms with Gasteiger partial charge in [-0.3, -0.25) is 4.79 Å². The van der Waals surface area contributed by atoms with E-state index in [0.29, 0.717) is 11.4 Å². The highest BCUT2D eigenvalue weighted by Gasteiger charge is 2.18. The van der Waals surface area contributed by atoms with E-state index in [0.717, 1.165) is 25.7 Å². The number of hydrogen-bond donors (Lipinski definition) is 2. The summed E-state index contributed by atoms with van der Waals surface area (Å²) >= 11 is 4.82. The van der Waals surface area contributed by atoms with Gasteiger partial charge in [0.1, 0.15) is 0 Å². The maximum absolute atomic E-state index is 11.9. The Morgan fingerprint density at radius 1 is 1.31 bits per heavy atom. The first-order chi connectivity index (χ1) is 7.51. The molecule has 0 aromatic rings. The monoisotopic (exact) mass is 244 g/mol. The summed E-state index contributed by atoms with van der Waals surface area (Å²) in [5.41, 5.74) is 5.44. The van der Waals surface area contributed by atoms with E-state index in [2.05, 4.69) is 19.2 Å². The number of carbonyl (C=O) groups excluding carboxylic acids is 1. The average Bonchev–Trinajstić information content (AvgIpc) is 2.15. The zero-order valence-corrected chi connectivity index (χ0v) is 11.4. The Hall–Kier alpha value is -0.640. The molecule has 0 heterocycles. The van der Waals surface area contributed by atoms with Crippen LogP contribution in [0.5, 0.6) is 0 Å². The Labute approximate surface area is 104 Å². The summed E-state index contributed by atoms with van der Waals surface area (Å²) in [6, 6.07) is 0.0428. The van der Waals surface area contributed by atoms with Gasteiger partial charge in [-0.2, -0.15) is 0 Å². The Balaban J connectivity index is 4.12. The van der Waals surface area contributed by atoms with Gasteiger partial charge in [-0.25, -0.2) is 0 Å². The van der Waals surface area contributed by atoms with Crippen molar-refractivity contribution in [3.8, 4) is 0 Å². The fourth-order valence-corrected chi connectivity index (χ4v) is 2.07. The van der Waals surface area contributed by atoms with Gasteiger partial charge in [-0.1, -0.05) is 38.9 Å². The van der Waals surface area contributed by atoms with Crippen LogP contribution in [0, 0.1) is 5.92 Å². The maximum Gasteiger partial charge on any atom is 0.223 e. The lowest BCUT2D eigenvalue weighted by Crippen LogP contribution is -2.39. The van der Waals surface area contributed by atoms with Crippen LogP contribution >= 0.6 is 12.2 Å². The molecule has 0 aromatic heterocycles. The van der Waals surface area contributed by atoms with Crippen LogP contribution < -0.4 is 11.1 Å². The molecule has 0 aliphatic rings. The van der Waals surface area contributed by atoms with Crippen molar-refractivity contribution in [2.75, 3.05) is 0 Å². The van der Waals surface area contributed by atoms with Gasteiger partial charge in [0, 0.05) is 18.4 Å². The second-order valence-corrected chi connectivity index (χ2v) is 4.88. The molecule has 0 radical (unpaired) electrons. The first kappa shape index (κ1) is 15.4. The maximum atomic E-state index is 11.9. The van der Waals surface area contributed by atoms with Gasteiger partial charge >= 0.3 is 0 Å². The molecular weight excluding hydrogens is 220 g/mol. The summed E-state index contributed by atoms with van der Waals surface area (Å²) in [5, 5.41) is 2.97. The van der Waals surface area contributed by atoms with E-state index in [1.54, 1.807) is 0 Å². The van der Waals surface area contributed by atoms with Crippen LogP contribution in [0.3, 0.4) is 0 Å². The third kappa shape index (κ3) is 6.77. The van der Waals surface area contributed by atoms with E-state index in [1.807, 2.05) is 6.92 Å². The van der Waals surface area contributed by atoms with Gasteiger partial charge in [0.05, 0.1) is 4.99 Å². The molecule has 3 N–H and O–H groups in total. The molecule has 0 saturated heterocycles. The molecule has 3 nitrogen and oxygen atoms in total. The van der Waals surface area contributed by atoms with Gasteiger partial charge < -0.3 is 11.1 Å². The number of nitrogens with one attached hydrogen (secondary N) is 1. The van der Waals surface area contributed by atoms with Gasteiger partial charge in [0.2, 0.25) is 5.91 Å². The fourth-order valence-electron chi connectivity index (χ4n) is 1.82. The summed E-state index contributed by atoms with van der Waals surface area (Å²) in [4.78, 5) is 12.4. The minimum absolute atomic E-state index is 0.0428.